The number of halogens is 3. The third-order valence-electron chi connectivity index (χ3n) is 4.18. The maximum Gasteiger partial charge on any atom is 0.416 e. The molecule has 0 amide bonds. The summed E-state index contributed by atoms with van der Waals surface area (Å²) in [4.78, 5) is 16.5. The lowest BCUT2D eigenvalue weighted by Crippen LogP contribution is -2.29. The first-order valence-electron chi connectivity index (χ1n) is 9.46. The Balaban J connectivity index is 2.09. The van der Waals surface area contributed by atoms with Gasteiger partial charge in [-0.3, -0.25) is 0 Å². The summed E-state index contributed by atoms with van der Waals surface area (Å²) in [5.74, 6) is -0.587. The Morgan fingerprint density at radius 3 is 2.52 bits per heavy atom. The quantitative estimate of drug-likeness (QED) is 0.430. The van der Waals surface area contributed by atoms with Gasteiger partial charge in [-0.25, -0.2) is 4.79 Å². The Bertz CT molecular complexity index is 912. The molecule has 1 N–H and O–H groups in total. The first-order valence-corrected chi connectivity index (χ1v) is 9.46. The Morgan fingerprint density at radius 1 is 1.16 bits per heavy atom. The molecule has 0 fully saturated rings. The molecule has 0 aliphatic heterocycles. The van der Waals surface area contributed by atoms with Gasteiger partial charge in [-0.2, -0.15) is 13.2 Å². The fraction of sp³-hybridized carbons (Fsp3) is 0.364. The van der Waals surface area contributed by atoms with Crippen molar-refractivity contribution in [2.45, 2.75) is 45.3 Å². The van der Waals surface area contributed by atoms with Crippen molar-refractivity contribution in [3.63, 3.8) is 0 Å². The summed E-state index contributed by atoms with van der Waals surface area (Å²) in [6.07, 6.45) is -4.18. The summed E-state index contributed by atoms with van der Waals surface area (Å²) < 4.78 is 49.0. The standard InChI is InChI=1S/C22H24F3NO5/c1-14(2)31-20(21(27)28)11-15-7-8-19(29-3)17(9-15)12-26-30-13-16-5-4-6-18(10-16)22(23,24)25/h4-10,12,14,20H,11,13H2,1-3H3,(H,27,28)/b26-12+. The van der Waals surface area contributed by atoms with Crippen LogP contribution in [-0.2, 0) is 33.6 Å². The lowest BCUT2D eigenvalue weighted by Gasteiger charge is -2.17. The number of ether oxygens (including phenoxy) is 2. The number of carbonyl (C=O) groups is 1. The fourth-order valence-corrected chi connectivity index (χ4v) is 2.79. The molecule has 31 heavy (non-hydrogen) atoms. The summed E-state index contributed by atoms with van der Waals surface area (Å²) in [6.45, 7) is 3.36. The monoisotopic (exact) mass is 439 g/mol. The zero-order chi connectivity index (χ0) is 23.0. The van der Waals surface area contributed by atoms with E-state index in [0.29, 0.717) is 22.4 Å². The molecule has 1 atom stereocenters. The fourth-order valence-electron chi connectivity index (χ4n) is 2.79. The first kappa shape index (κ1) is 24.2. The van der Waals surface area contributed by atoms with Gasteiger partial charge in [0.2, 0.25) is 0 Å². The summed E-state index contributed by atoms with van der Waals surface area (Å²) in [5.41, 5.74) is 0.775. The highest BCUT2D eigenvalue weighted by molar-refractivity contribution is 5.83. The van der Waals surface area contributed by atoms with Crippen molar-refractivity contribution in [3.8, 4) is 5.75 Å². The number of rotatable bonds is 10. The average Bonchev–Trinajstić information content (AvgIpc) is 2.70. The number of alkyl halides is 3. The molecule has 0 spiro atoms. The zero-order valence-corrected chi connectivity index (χ0v) is 17.3. The molecule has 0 radical (unpaired) electrons. The number of aliphatic carboxylic acids is 1. The van der Waals surface area contributed by atoms with Crippen LogP contribution in [-0.4, -0.2) is 36.6 Å². The van der Waals surface area contributed by atoms with Gasteiger partial charge in [0.1, 0.15) is 12.4 Å². The number of hydrogen-bond donors (Lipinski definition) is 1. The van der Waals surface area contributed by atoms with Crippen molar-refractivity contribution in [2.24, 2.45) is 5.16 Å². The Morgan fingerprint density at radius 2 is 1.90 bits per heavy atom. The molecule has 1 unspecified atom stereocenters. The predicted octanol–water partition coefficient (Wildman–Crippen LogP) is 4.69. The molecule has 2 rings (SSSR count). The minimum absolute atomic E-state index is 0.142. The van der Waals surface area contributed by atoms with E-state index in [9.17, 15) is 23.1 Å². The highest BCUT2D eigenvalue weighted by atomic mass is 19.4. The van der Waals surface area contributed by atoms with Gasteiger partial charge >= 0.3 is 12.1 Å². The molecule has 2 aromatic rings. The maximum absolute atomic E-state index is 12.8. The minimum atomic E-state index is -4.43. The van der Waals surface area contributed by atoms with E-state index in [2.05, 4.69) is 5.16 Å². The number of oxime groups is 1. The molecule has 2 aromatic carbocycles. The number of nitrogens with zero attached hydrogens (tertiary/aromatic N) is 1. The van der Waals surface area contributed by atoms with E-state index >= 15 is 0 Å². The van der Waals surface area contributed by atoms with Crippen LogP contribution in [0, 0.1) is 0 Å². The van der Waals surface area contributed by atoms with E-state index < -0.39 is 23.8 Å². The van der Waals surface area contributed by atoms with Crippen LogP contribution in [0.15, 0.2) is 47.6 Å². The molecular weight excluding hydrogens is 415 g/mol. The van der Waals surface area contributed by atoms with Crippen LogP contribution in [0.5, 0.6) is 5.75 Å². The second-order valence-corrected chi connectivity index (χ2v) is 7.00. The van der Waals surface area contributed by atoms with Crippen LogP contribution in [0.1, 0.15) is 36.1 Å². The predicted molar refractivity (Wildman–Crippen MR) is 108 cm³/mol. The van der Waals surface area contributed by atoms with Crippen molar-refractivity contribution < 1.29 is 37.4 Å². The topological polar surface area (TPSA) is 77.4 Å². The van der Waals surface area contributed by atoms with Crippen LogP contribution in [0.4, 0.5) is 13.2 Å². The SMILES string of the molecule is COc1ccc(CC(OC(C)C)C(=O)O)cc1/C=N/OCc1cccc(C(F)(F)F)c1. The Kier molecular flexibility index (Phi) is 8.44. The molecule has 0 aliphatic carbocycles. The largest absolute Gasteiger partial charge is 0.496 e. The van der Waals surface area contributed by atoms with E-state index in [1.54, 1.807) is 32.0 Å². The summed E-state index contributed by atoms with van der Waals surface area (Å²) in [5, 5.41) is 13.1. The van der Waals surface area contributed by atoms with E-state index in [1.165, 1.54) is 25.5 Å². The molecule has 0 saturated heterocycles. The van der Waals surface area contributed by atoms with Crippen molar-refractivity contribution in [2.75, 3.05) is 7.11 Å². The zero-order valence-electron chi connectivity index (χ0n) is 17.3. The second kappa shape index (κ2) is 10.8. The Hall–Kier alpha value is -3.07. The molecule has 0 saturated carbocycles. The summed E-state index contributed by atoms with van der Waals surface area (Å²) in [6, 6.07) is 9.86. The van der Waals surface area contributed by atoms with Crippen molar-refractivity contribution in [3.05, 3.63) is 64.7 Å². The second-order valence-electron chi connectivity index (χ2n) is 7.00. The van der Waals surface area contributed by atoms with Crippen LogP contribution >= 0.6 is 0 Å². The normalized spacial score (nSPS) is 12.9. The molecule has 6 nitrogen and oxygen atoms in total. The van der Waals surface area contributed by atoms with Gasteiger partial charge in [-0.15, -0.1) is 0 Å². The number of methoxy groups -OCH3 is 1. The van der Waals surface area contributed by atoms with Crippen LogP contribution in [0.2, 0.25) is 0 Å². The highest BCUT2D eigenvalue weighted by Crippen LogP contribution is 2.29. The van der Waals surface area contributed by atoms with Gasteiger partial charge in [0.05, 0.1) is 25.0 Å². The van der Waals surface area contributed by atoms with E-state index in [1.807, 2.05) is 0 Å². The van der Waals surface area contributed by atoms with Crippen molar-refractivity contribution in [1.82, 2.24) is 0 Å². The van der Waals surface area contributed by atoms with Crippen molar-refractivity contribution in [1.29, 1.82) is 0 Å². The number of carboxylic acids is 1. The van der Waals surface area contributed by atoms with Gasteiger partial charge in [-0.1, -0.05) is 23.4 Å². The number of benzene rings is 2. The van der Waals surface area contributed by atoms with E-state index in [-0.39, 0.29) is 19.1 Å². The number of carboxylic acid groups (broad SMARTS) is 1. The molecular formula is C22H24F3NO5. The molecule has 0 aliphatic rings. The van der Waals surface area contributed by atoms with Crippen molar-refractivity contribution >= 4 is 12.2 Å². The minimum Gasteiger partial charge on any atom is -0.496 e. The third kappa shape index (κ3) is 7.60. The van der Waals surface area contributed by atoms with Gasteiger partial charge in [-0.05, 0) is 49.2 Å². The molecule has 0 aromatic heterocycles. The molecule has 168 valence electrons. The molecule has 9 heteroatoms. The first-order chi connectivity index (χ1) is 14.6. The van der Waals surface area contributed by atoms with Gasteiger partial charge in [0.25, 0.3) is 0 Å². The molecule has 0 heterocycles. The van der Waals surface area contributed by atoms with Gasteiger partial charge < -0.3 is 19.4 Å². The van der Waals surface area contributed by atoms with Crippen LogP contribution in [0.3, 0.4) is 0 Å². The van der Waals surface area contributed by atoms with Crippen LogP contribution < -0.4 is 4.74 Å². The maximum atomic E-state index is 12.8. The highest BCUT2D eigenvalue weighted by Gasteiger charge is 2.30. The summed E-state index contributed by atoms with van der Waals surface area (Å²) >= 11 is 0. The third-order valence-corrected chi connectivity index (χ3v) is 4.18. The van der Waals surface area contributed by atoms with Gasteiger partial charge in [0, 0.05) is 12.0 Å². The lowest BCUT2D eigenvalue weighted by molar-refractivity contribution is -0.153. The molecule has 0 bridgehead atoms. The average molecular weight is 439 g/mol. The van der Waals surface area contributed by atoms with E-state index in [4.69, 9.17) is 14.3 Å². The number of hydrogen-bond acceptors (Lipinski definition) is 5. The lowest BCUT2D eigenvalue weighted by atomic mass is 10.0. The summed E-state index contributed by atoms with van der Waals surface area (Å²) in [7, 11) is 1.47. The van der Waals surface area contributed by atoms with E-state index in [0.717, 1.165) is 12.1 Å². The Labute approximate surface area is 178 Å². The van der Waals surface area contributed by atoms with Gasteiger partial charge in [0.15, 0.2) is 6.10 Å². The van der Waals surface area contributed by atoms with Crippen LogP contribution in [0.25, 0.3) is 0 Å². The smallest absolute Gasteiger partial charge is 0.416 e.